The Balaban J connectivity index is 1.92. The molecule has 0 bridgehead atoms. The first-order valence-corrected chi connectivity index (χ1v) is 9.00. The molecule has 26 heavy (non-hydrogen) atoms. The molecule has 0 aliphatic carbocycles. The third kappa shape index (κ3) is 3.83. The maximum Gasteiger partial charge on any atom is 0.222 e. The van der Waals surface area contributed by atoms with E-state index in [4.69, 9.17) is 15.2 Å². The van der Waals surface area contributed by atoms with E-state index in [0.717, 1.165) is 66.5 Å². The minimum atomic E-state index is 0.0874. The van der Waals surface area contributed by atoms with E-state index in [1.807, 2.05) is 18.2 Å². The molecule has 1 aliphatic heterocycles. The molecule has 1 aromatic heterocycles. The average molecular weight is 357 g/mol. The number of nitrogens with two attached hydrogens (primary N) is 1. The number of anilines is 2. The molecule has 2 aromatic rings. The Morgan fingerprint density at radius 2 is 1.92 bits per heavy atom. The summed E-state index contributed by atoms with van der Waals surface area (Å²) in [7, 11) is 3.29. The fourth-order valence-corrected chi connectivity index (χ4v) is 3.34. The molecule has 3 rings (SSSR count). The van der Waals surface area contributed by atoms with Crippen LogP contribution in [0.25, 0.3) is 0 Å². The van der Waals surface area contributed by atoms with E-state index in [2.05, 4.69) is 27.5 Å². The Kier molecular flexibility index (Phi) is 5.78. The van der Waals surface area contributed by atoms with Crippen LogP contribution in [0.15, 0.2) is 18.2 Å². The van der Waals surface area contributed by atoms with Crippen LogP contribution < -0.4 is 25.8 Å². The number of nitrogen functional groups attached to an aromatic ring is 1. The first kappa shape index (κ1) is 18.3. The number of aromatic nitrogens is 2. The van der Waals surface area contributed by atoms with Gasteiger partial charge in [-0.2, -0.15) is 4.98 Å². The summed E-state index contributed by atoms with van der Waals surface area (Å²) in [6, 6.07) is 6.07. The molecule has 140 valence electrons. The molecule has 7 heteroatoms. The second-order valence-electron chi connectivity index (χ2n) is 6.33. The summed E-state index contributed by atoms with van der Waals surface area (Å²) in [6.45, 7) is 3.97. The van der Waals surface area contributed by atoms with Crippen molar-refractivity contribution in [2.24, 2.45) is 0 Å². The average Bonchev–Trinajstić information content (AvgIpc) is 2.90. The lowest BCUT2D eigenvalue weighted by molar-refractivity contribution is 0.354. The van der Waals surface area contributed by atoms with Crippen LogP contribution in [0, 0.1) is 0 Å². The molecule has 1 aliphatic rings. The largest absolute Gasteiger partial charge is 0.493 e. The number of methoxy groups -OCH3 is 2. The van der Waals surface area contributed by atoms with Crippen molar-refractivity contribution in [2.75, 3.05) is 38.4 Å². The lowest BCUT2D eigenvalue weighted by Gasteiger charge is -2.22. The monoisotopic (exact) mass is 357 g/mol. The lowest BCUT2D eigenvalue weighted by Crippen LogP contribution is -2.17. The van der Waals surface area contributed by atoms with Crippen LogP contribution in [-0.2, 0) is 12.8 Å². The smallest absolute Gasteiger partial charge is 0.222 e. The van der Waals surface area contributed by atoms with Crippen molar-refractivity contribution >= 4 is 11.8 Å². The summed E-state index contributed by atoms with van der Waals surface area (Å²) in [5, 5.41) is 6.98. The lowest BCUT2D eigenvalue weighted by atomic mass is 10.0. The molecule has 0 spiro atoms. The second-order valence-corrected chi connectivity index (χ2v) is 6.33. The molecular weight excluding hydrogens is 330 g/mol. The molecule has 7 nitrogen and oxygen atoms in total. The fourth-order valence-electron chi connectivity index (χ4n) is 3.34. The number of nitrogens with zero attached hydrogens (tertiary/aromatic N) is 2. The molecule has 0 radical (unpaired) electrons. The Morgan fingerprint density at radius 3 is 2.65 bits per heavy atom. The van der Waals surface area contributed by atoms with Crippen molar-refractivity contribution < 1.29 is 9.47 Å². The highest BCUT2D eigenvalue weighted by Gasteiger charge is 2.19. The van der Waals surface area contributed by atoms with Gasteiger partial charge >= 0.3 is 0 Å². The zero-order valence-electron chi connectivity index (χ0n) is 15.6. The quantitative estimate of drug-likeness (QED) is 0.730. The number of benzene rings is 1. The van der Waals surface area contributed by atoms with E-state index in [1.54, 1.807) is 14.2 Å². The Labute approximate surface area is 154 Å². The van der Waals surface area contributed by atoms with Crippen LogP contribution in [0.5, 0.6) is 11.5 Å². The SMILES string of the molecule is CC[C@@H](Nc1nc(N)nc2c1CCNCC2)c1ccc(OC)c(OC)c1. The van der Waals surface area contributed by atoms with Gasteiger partial charge in [0.05, 0.1) is 26.0 Å². The zero-order chi connectivity index (χ0) is 18.5. The van der Waals surface area contributed by atoms with Gasteiger partial charge in [-0.05, 0) is 37.1 Å². The number of hydrogen-bond donors (Lipinski definition) is 3. The van der Waals surface area contributed by atoms with E-state index in [-0.39, 0.29) is 6.04 Å². The summed E-state index contributed by atoms with van der Waals surface area (Å²) < 4.78 is 10.8. The van der Waals surface area contributed by atoms with Crippen molar-refractivity contribution in [2.45, 2.75) is 32.2 Å². The first-order valence-electron chi connectivity index (χ1n) is 9.00. The maximum absolute atomic E-state index is 5.95. The van der Waals surface area contributed by atoms with Gasteiger partial charge < -0.3 is 25.8 Å². The Hall–Kier alpha value is -2.54. The summed E-state index contributed by atoms with van der Waals surface area (Å²) in [5.74, 6) is 2.58. The van der Waals surface area contributed by atoms with Crippen molar-refractivity contribution in [3.8, 4) is 11.5 Å². The van der Waals surface area contributed by atoms with Crippen molar-refractivity contribution in [3.63, 3.8) is 0 Å². The molecule has 0 fully saturated rings. The van der Waals surface area contributed by atoms with Gasteiger partial charge in [0.1, 0.15) is 5.82 Å². The summed E-state index contributed by atoms with van der Waals surface area (Å²) in [4.78, 5) is 8.93. The van der Waals surface area contributed by atoms with Gasteiger partial charge in [0.2, 0.25) is 5.95 Å². The normalized spacial score (nSPS) is 14.9. The predicted molar refractivity (Wildman–Crippen MR) is 103 cm³/mol. The van der Waals surface area contributed by atoms with Gasteiger partial charge in [-0.15, -0.1) is 0 Å². The van der Waals surface area contributed by atoms with E-state index in [1.165, 1.54) is 0 Å². The van der Waals surface area contributed by atoms with Crippen LogP contribution in [0.4, 0.5) is 11.8 Å². The topological polar surface area (TPSA) is 94.3 Å². The van der Waals surface area contributed by atoms with E-state index in [0.29, 0.717) is 5.95 Å². The maximum atomic E-state index is 5.95. The molecule has 0 saturated carbocycles. The molecule has 2 heterocycles. The van der Waals surface area contributed by atoms with Crippen molar-refractivity contribution in [1.29, 1.82) is 0 Å². The van der Waals surface area contributed by atoms with E-state index >= 15 is 0 Å². The summed E-state index contributed by atoms with van der Waals surface area (Å²) >= 11 is 0. The van der Waals surface area contributed by atoms with E-state index in [9.17, 15) is 0 Å². The van der Waals surface area contributed by atoms with Crippen LogP contribution in [0.3, 0.4) is 0 Å². The molecule has 0 unspecified atom stereocenters. The van der Waals surface area contributed by atoms with Crippen molar-refractivity contribution in [1.82, 2.24) is 15.3 Å². The highest BCUT2D eigenvalue weighted by Crippen LogP contribution is 2.33. The summed E-state index contributed by atoms with van der Waals surface area (Å²) in [5.41, 5.74) is 9.26. The van der Waals surface area contributed by atoms with Gasteiger partial charge in [-0.1, -0.05) is 13.0 Å². The van der Waals surface area contributed by atoms with E-state index < -0.39 is 0 Å². The minimum absolute atomic E-state index is 0.0874. The van der Waals surface area contributed by atoms with Gasteiger partial charge in [0.25, 0.3) is 0 Å². The summed E-state index contributed by atoms with van der Waals surface area (Å²) in [6.07, 6.45) is 2.65. The standard InChI is InChI=1S/C19H27N5O2/c1-4-14(12-5-6-16(25-2)17(11-12)26-3)22-18-13-7-9-21-10-8-15(13)23-19(20)24-18/h5-6,11,14,21H,4,7-10H2,1-3H3,(H3,20,22,23,24)/t14-/m1/s1. The zero-order valence-corrected chi connectivity index (χ0v) is 15.6. The molecule has 1 aromatic carbocycles. The molecule has 0 saturated heterocycles. The third-order valence-electron chi connectivity index (χ3n) is 4.73. The van der Waals surface area contributed by atoms with Gasteiger partial charge in [0, 0.05) is 18.5 Å². The highest BCUT2D eigenvalue weighted by atomic mass is 16.5. The van der Waals surface area contributed by atoms with Crippen molar-refractivity contribution in [3.05, 3.63) is 35.0 Å². The Bertz CT molecular complexity index is 766. The van der Waals surface area contributed by atoms with Gasteiger partial charge in [-0.3, -0.25) is 0 Å². The highest BCUT2D eigenvalue weighted by molar-refractivity contribution is 5.53. The van der Waals surface area contributed by atoms with Crippen LogP contribution >= 0.6 is 0 Å². The molecular formula is C19H27N5O2. The number of nitrogens with one attached hydrogen (secondary N) is 2. The van der Waals surface area contributed by atoms with Gasteiger partial charge in [0.15, 0.2) is 11.5 Å². The number of ether oxygens (including phenoxy) is 2. The fraction of sp³-hybridized carbons (Fsp3) is 0.474. The Morgan fingerprint density at radius 1 is 1.15 bits per heavy atom. The minimum Gasteiger partial charge on any atom is -0.493 e. The first-order chi connectivity index (χ1) is 12.7. The molecule has 4 N–H and O–H groups in total. The van der Waals surface area contributed by atoms with Gasteiger partial charge in [-0.25, -0.2) is 4.98 Å². The number of rotatable bonds is 6. The number of fused-ring (bicyclic) bond motifs is 1. The third-order valence-corrected chi connectivity index (χ3v) is 4.73. The van der Waals surface area contributed by atoms with Crippen LogP contribution in [-0.4, -0.2) is 37.3 Å². The molecule has 1 atom stereocenters. The molecule has 0 amide bonds. The van der Waals surface area contributed by atoms with Crippen LogP contribution in [0.1, 0.15) is 36.2 Å². The number of hydrogen-bond acceptors (Lipinski definition) is 7. The predicted octanol–water partition coefficient (Wildman–Crippen LogP) is 2.33. The second kappa shape index (κ2) is 8.23. The van der Waals surface area contributed by atoms with Crippen LogP contribution in [0.2, 0.25) is 0 Å².